The number of aryl methyl sites for hydroxylation is 1. The Kier molecular flexibility index (Phi) is 4.50. The molecule has 1 heterocycles. The van der Waals surface area contributed by atoms with Gasteiger partial charge in [-0.15, -0.1) is 11.3 Å². The van der Waals surface area contributed by atoms with Crippen LogP contribution >= 0.6 is 38.9 Å². The van der Waals surface area contributed by atoms with Gasteiger partial charge < -0.3 is 10.1 Å². The van der Waals surface area contributed by atoms with Gasteiger partial charge in [0.15, 0.2) is 0 Å². The lowest BCUT2D eigenvalue weighted by Gasteiger charge is -2.11. The molecule has 0 unspecified atom stereocenters. The van der Waals surface area contributed by atoms with E-state index < -0.39 is 0 Å². The number of amides is 1. The maximum Gasteiger partial charge on any atom is 0.256 e. The van der Waals surface area contributed by atoms with Gasteiger partial charge in [0.05, 0.1) is 22.1 Å². The van der Waals surface area contributed by atoms with Crippen LogP contribution in [-0.2, 0) is 0 Å². The molecule has 0 atom stereocenters. The van der Waals surface area contributed by atoms with Crippen molar-refractivity contribution >= 4 is 50.5 Å². The molecule has 1 amide bonds. The number of benzene rings is 1. The molecule has 0 aliphatic carbocycles. The molecule has 1 aromatic heterocycles. The minimum atomic E-state index is -0.179. The highest BCUT2D eigenvalue weighted by Gasteiger charge is 2.13. The van der Waals surface area contributed by atoms with E-state index in [2.05, 4.69) is 21.2 Å². The Balaban J connectivity index is 2.28. The van der Waals surface area contributed by atoms with Crippen LogP contribution < -0.4 is 10.1 Å². The van der Waals surface area contributed by atoms with Gasteiger partial charge in [0.25, 0.3) is 5.91 Å². The normalized spacial score (nSPS) is 10.3. The van der Waals surface area contributed by atoms with Crippen molar-refractivity contribution in [1.82, 2.24) is 0 Å². The van der Waals surface area contributed by atoms with E-state index >= 15 is 0 Å². The van der Waals surface area contributed by atoms with Gasteiger partial charge in [0.2, 0.25) is 0 Å². The van der Waals surface area contributed by atoms with Crippen LogP contribution in [0, 0.1) is 6.92 Å². The SMILES string of the molecule is COc1cc(Cl)c(C)cc1NC(=O)c1csc(Br)c1. The van der Waals surface area contributed by atoms with Crippen LogP contribution in [0.1, 0.15) is 15.9 Å². The largest absolute Gasteiger partial charge is 0.495 e. The van der Waals surface area contributed by atoms with Crippen LogP contribution in [0.5, 0.6) is 5.75 Å². The van der Waals surface area contributed by atoms with Gasteiger partial charge in [-0.3, -0.25) is 4.79 Å². The smallest absolute Gasteiger partial charge is 0.256 e. The lowest BCUT2D eigenvalue weighted by atomic mass is 10.2. The molecule has 2 aromatic rings. The number of thiophene rings is 1. The van der Waals surface area contributed by atoms with Crippen molar-refractivity contribution in [2.24, 2.45) is 0 Å². The maximum atomic E-state index is 12.1. The molecule has 3 nitrogen and oxygen atoms in total. The predicted octanol–water partition coefficient (Wildman–Crippen LogP) is 4.73. The van der Waals surface area contributed by atoms with Crippen molar-refractivity contribution in [2.75, 3.05) is 12.4 Å². The molecule has 6 heteroatoms. The minimum Gasteiger partial charge on any atom is -0.495 e. The second-order valence-corrected chi connectivity index (χ2v) is 6.59. The summed E-state index contributed by atoms with van der Waals surface area (Å²) in [5.41, 5.74) is 2.09. The van der Waals surface area contributed by atoms with Crippen molar-refractivity contribution in [3.8, 4) is 5.75 Å². The zero-order chi connectivity index (χ0) is 14.0. The first-order valence-corrected chi connectivity index (χ1v) is 7.46. The number of anilines is 1. The summed E-state index contributed by atoms with van der Waals surface area (Å²) in [6.07, 6.45) is 0. The summed E-state index contributed by atoms with van der Waals surface area (Å²) in [5, 5.41) is 5.21. The highest BCUT2D eigenvalue weighted by molar-refractivity contribution is 9.11. The van der Waals surface area contributed by atoms with E-state index in [1.807, 2.05) is 6.92 Å². The second kappa shape index (κ2) is 5.94. The van der Waals surface area contributed by atoms with E-state index in [1.165, 1.54) is 18.4 Å². The summed E-state index contributed by atoms with van der Waals surface area (Å²) in [5.74, 6) is 0.361. The van der Waals surface area contributed by atoms with Gasteiger partial charge in [0.1, 0.15) is 5.75 Å². The molecule has 1 aromatic carbocycles. The molecule has 0 radical (unpaired) electrons. The maximum absolute atomic E-state index is 12.1. The van der Waals surface area contributed by atoms with Crippen LogP contribution in [0.4, 0.5) is 5.69 Å². The molecule has 0 aliphatic rings. The Morgan fingerprint density at radius 3 is 2.74 bits per heavy atom. The summed E-state index contributed by atoms with van der Waals surface area (Å²) < 4.78 is 6.13. The highest BCUT2D eigenvalue weighted by Crippen LogP contribution is 2.31. The van der Waals surface area contributed by atoms with Crippen LogP contribution in [-0.4, -0.2) is 13.0 Å². The number of hydrogen-bond acceptors (Lipinski definition) is 3. The number of hydrogen-bond donors (Lipinski definition) is 1. The first-order chi connectivity index (χ1) is 9.01. The third-order valence-corrected chi connectivity index (χ3v) is 4.47. The monoisotopic (exact) mass is 359 g/mol. The molecule has 0 saturated heterocycles. The van der Waals surface area contributed by atoms with Gasteiger partial charge in [-0.05, 0) is 40.5 Å². The fraction of sp³-hybridized carbons (Fsp3) is 0.154. The van der Waals surface area contributed by atoms with Gasteiger partial charge in [-0.1, -0.05) is 11.6 Å². The predicted molar refractivity (Wildman–Crippen MR) is 82.7 cm³/mol. The average molecular weight is 361 g/mol. The van der Waals surface area contributed by atoms with Gasteiger partial charge in [0, 0.05) is 16.5 Å². The molecule has 0 spiro atoms. The minimum absolute atomic E-state index is 0.179. The summed E-state index contributed by atoms with van der Waals surface area (Å²) >= 11 is 10.8. The Morgan fingerprint density at radius 1 is 1.42 bits per heavy atom. The Labute approximate surface area is 128 Å². The summed E-state index contributed by atoms with van der Waals surface area (Å²) in [4.78, 5) is 12.1. The second-order valence-electron chi connectivity index (χ2n) is 3.90. The van der Waals surface area contributed by atoms with Crippen LogP contribution in [0.15, 0.2) is 27.4 Å². The Morgan fingerprint density at radius 2 is 2.16 bits per heavy atom. The molecule has 0 bridgehead atoms. The number of halogens is 2. The molecule has 2 rings (SSSR count). The number of methoxy groups -OCH3 is 1. The lowest BCUT2D eigenvalue weighted by molar-refractivity contribution is 0.102. The summed E-state index contributed by atoms with van der Waals surface area (Å²) in [7, 11) is 1.54. The fourth-order valence-corrected chi connectivity index (χ4v) is 2.84. The Bertz CT molecular complexity index is 627. The number of ether oxygens (including phenoxy) is 1. The van der Waals surface area contributed by atoms with Crippen LogP contribution in [0.25, 0.3) is 0 Å². The zero-order valence-electron chi connectivity index (χ0n) is 10.3. The lowest BCUT2D eigenvalue weighted by Crippen LogP contribution is -2.11. The number of carbonyl (C=O) groups is 1. The number of nitrogens with one attached hydrogen (secondary N) is 1. The average Bonchev–Trinajstić information content (AvgIpc) is 2.80. The Hall–Kier alpha value is -1.04. The van der Waals surface area contributed by atoms with Crippen molar-refractivity contribution in [1.29, 1.82) is 0 Å². The molecular formula is C13H11BrClNO2S. The van der Waals surface area contributed by atoms with E-state index in [0.29, 0.717) is 22.0 Å². The van der Waals surface area contributed by atoms with E-state index in [4.69, 9.17) is 16.3 Å². The molecule has 100 valence electrons. The molecular weight excluding hydrogens is 350 g/mol. The number of carbonyl (C=O) groups excluding carboxylic acids is 1. The molecule has 19 heavy (non-hydrogen) atoms. The third kappa shape index (κ3) is 3.29. The van der Waals surface area contributed by atoms with E-state index in [1.54, 1.807) is 23.6 Å². The van der Waals surface area contributed by atoms with Crippen molar-refractivity contribution in [3.63, 3.8) is 0 Å². The molecule has 1 N–H and O–H groups in total. The fourth-order valence-electron chi connectivity index (χ4n) is 1.55. The van der Waals surface area contributed by atoms with Gasteiger partial charge >= 0.3 is 0 Å². The van der Waals surface area contributed by atoms with Crippen molar-refractivity contribution in [3.05, 3.63) is 43.5 Å². The first kappa shape index (κ1) is 14.4. The zero-order valence-corrected chi connectivity index (χ0v) is 13.4. The molecule has 0 aliphatic heterocycles. The van der Waals surface area contributed by atoms with Crippen molar-refractivity contribution < 1.29 is 9.53 Å². The molecule has 0 saturated carbocycles. The number of rotatable bonds is 3. The van der Waals surface area contributed by atoms with Crippen molar-refractivity contribution in [2.45, 2.75) is 6.92 Å². The molecule has 0 fully saturated rings. The van der Waals surface area contributed by atoms with E-state index in [0.717, 1.165) is 9.35 Å². The van der Waals surface area contributed by atoms with Gasteiger partial charge in [-0.2, -0.15) is 0 Å². The standard InChI is InChI=1S/C13H11BrClNO2S/c1-7-3-10(11(18-2)5-9(7)15)16-13(17)8-4-12(14)19-6-8/h3-6H,1-2H3,(H,16,17). The van der Waals surface area contributed by atoms with Gasteiger partial charge in [-0.25, -0.2) is 0 Å². The third-order valence-electron chi connectivity index (χ3n) is 2.56. The van der Waals surface area contributed by atoms with Crippen LogP contribution in [0.3, 0.4) is 0 Å². The summed E-state index contributed by atoms with van der Waals surface area (Å²) in [6.45, 7) is 1.87. The van der Waals surface area contributed by atoms with E-state index in [9.17, 15) is 4.79 Å². The van der Waals surface area contributed by atoms with Crippen LogP contribution in [0.2, 0.25) is 5.02 Å². The first-order valence-electron chi connectivity index (χ1n) is 5.41. The highest BCUT2D eigenvalue weighted by atomic mass is 79.9. The topological polar surface area (TPSA) is 38.3 Å². The van der Waals surface area contributed by atoms with E-state index in [-0.39, 0.29) is 5.91 Å². The summed E-state index contributed by atoms with van der Waals surface area (Å²) in [6, 6.07) is 5.26. The quantitative estimate of drug-likeness (QED) is 0.859.